The van der Waals surface area contributed by atoms with Crippen molar-refractivity contribution in [2.75, 3.05) is 6.54 Å². The lowest BCUT2D eigenvalue weighted by Crippen LogP contribution is -2.37. The lowest BCUT2D eigenvalue weighted by molar-refractivity contribution is 0.0653. The number of benzene rings is 1. The Labute approximate surface area is 122 Å². The highest BCUT2D eigenvalue weighted by atomic mass is 19.1. The second kappa shape index (κ2) is 5.48. The van der Waals surface area contributed by atoms with Crippen LogP contribution in [-0.2, 0) is 0 Å². The van der Waals surface area contributed by atoms with Crippen molar-refractivity contribution < 1.29 is 18.7 Å². The summed E-state index contributed by atoms with van der Waals surface area (Å²) < 4.78 is 18.7. The quantitative estimate of drug-likeness (QED) is 0.946. The van der Waals surface area contributed by atoms with Crippen LogP contribution in [0, 0.1) is 5.82 Å². The fraction of sp³-hybridized carbons (Fsp3) is 0.438. The van der Waals surface area contributed by atoms with Gasteiger partial charge < -0.3 is 14.4 Å². The molecule has 21 heavy (non-hydrogen) atoms. The maximum Gasteiger partial charge on any atom is 0.289 e. The van der Waals surface area contributed by atoms with Crippen LogP contribution >= 0.6 is 0 Å². The van der Waals surface area contributed by atoms with Crippen LogP contribution in [0.25, 0.3) is 11.0 Å². The summed E-state index contributed by atoms with van der Waals surface area (Å²) >= 11 is 0. The molecule has 2 heterocycles. The highest BCUT2D eigenvalue weighted by Crippen LogP contribution is 2.26. The summed E-state index contributed by atoms with van der Waals surface area (Å²) in [6.07, 6.45) is 1.96. The van der Waals surface area contributed by atoms with Gasteiger partial charge in [0.2, 0.25) is 0 Å². The average molecular weight is 291 g/mol. The third-order valence-electron chi connectivity index (χ3n) is 3.94. The highest BCUT2D eigenvalue weighted by molar-refractivity contribution is 5.96. The summed E-state index contributed by atoms with van der Waals surface area (Å²) in [6, 6.07) is 5.82. The minimum Gasteiger partial charge on any atom is -0.451 e. The van der Waals surface area contributed by atoms with Crippen LogP contribution in [0.15, 0.2) is 28.7 Å². The molecule has 0 bridgehead atoms. The van der Waals surface area contributed by atoms with Gasteiger partial charge >= 0.3 is 0 Å². The number of rotatable bonds is 3. The van der Waals surface area contributed by atoms with E-state index in [1.807, 2.05) is 0 Å². The summed E-state index contributed by atoms with van der Waals surface area (Å²) in [5, 5.41) is 10.1. The standard InChI is InChI=1S/C16H18FNO3/c1-10(19)7-13-3-2-6-18(13)16(20)15-9-11-8-12(17)4-5-14(11)21-15/h4-5,8-10,13,19H,2-3,6-7H2,1H3. The van der Waals surface area contributed by atoms with Gasteiger partial charge in [-0.05, 0) is 50.5 Å². The number of carbonyl (C=O) groups excluding carboxylic acids is 1. The largest absolute Gasteiger partial charge is 0.451 e. The maximum absolute atomic E-state index is 13.2. The van der Waals surface area contributed by atoms with Gasteiger partial charge in [0.25, 0.3) is 5.91 Å². The van der Waals surface area contributed by atoms with Crippen LogP contribution in [0.4, 0.5) is 4.39 Å². The van der Waals surface area contributed by atoms with Gasteiger partial charge in [-0.1, -0.05) is 0 Å². The van der Waals surface area contributed by atoms with E-state index in [1.165, 1.54) is 18.2 Å². The molecule has 1 saturated heterocycles. The van der Waals surface area contributed by atoms with E-state index < -0.39 is 6.10 Å². The van der Waals surface area contributed by atoms with Crippen LogP contribution < -0.4 is 0 Å². The Balaban J connectivity index is 1.85. The van der Waals surface area contributed by atoms with Crippen molar-refractivity contribution in [1.29, 1.82) is 0 Å². The Morgan fingerprint density at radius 2 is 2.33 bits per heavy atom. The molecule has 0 spiro atoms. The van der Waals surface area contributed by atoms with Gasteiger partial charge in [-0.15, -0.1) is 0 Å². The number of carbonyl (C=O) groups is 1. The van der Waals surface area contributed by atoms with Gasteiger partial charge in [-0.2, -0.15) is 0 Å². The molecule has 1 aliphatic heterocycles. The first-order chi connectivity index (χ1) is 10.0. The van der Waals surface area contributed by atoms with Crippen LogP contribution in [0.3, 0.4) is 0 Å². The Bertz CT molecular complexity index is 665. The number of fused-ring (bicyclic) bond motifs is 1. The monoisotopic (exact) mass is 291 g/mol. The first-order valence-corrected chi connectivity index (χ1v) is 7.23. The molecule has 1 amide bonds. The number of aliphatic hydroxyl groups is 1. The molecule has 112 valence electrons. The van der Waals surface area contributed by atoms with Crippen molar-refractivity contribution in [1.82, 2.24) is 4.90 Å². The molecule has 0 radical (unpaired) electrons. The van der Waals surface area contributed by atoms with Gasteiger partial charge in [0.15, 0.2) is 5.76 Å². The fourth-order valence-corrected chi connectivity index (χ4v) is 3.00. The molecule has 4 nitrogen and oxygen atoms in total. The summed E-state index contributed by atoms with van der Waals surface area (Å²) in [7, 11) is 0. The number of furan rings is 1. The Morgan fingerprint density at radius 3 is 3.10 bits per heavy atom. The van der Waals surface area contributed by atoms with Crippen molar-refractivity contribution in [2.45, 2.75) is 38.3 Å². The zero-order valence-corrected chi connectivity index (χ0v) is 11.9. The number of hydrogen-bond acceptors (Lipinski definition) is 3. The minimum absolute atomic E-state index is 0.0439. The lowest BCUT2D eigenvalue weighted by atomic mass is 10.1. The number of nitrogens with zero attached hydrogens (tertiary/aromatic N) is 1. The van der Waals surface area contributed by atoms with Crippen LogP contribution in [0.1, 0.15) is 36.7 Å². The molecule has 1 aromatic carbocycles. The first kappa shape index (κ1) is 14.1. The van der Waals surface area contributed by atoms with Crippen molar-refractivity contribution in [3.63, 3.8) is 0 Å². The number of hydrogen-bond donors (Lipinski definition) is 1. The second-order valence-electron chi connectivity index (χ2n) is 5.67. The average Bonchev–Trinajstić information content (AvgIpc) is 3.03. The minimum atomic E-state index is -0.437. The zero-order valence-electron chi connectivity index (χ0n) is 11.9. The molecule has 2 unspecified atom stereocenters. The zero-order chi connectivity index (χ0) is 15.0. The molecule has 0 aliphatic carbocycles. The lowest BCUT2D eigenvalue weighted by Gasteiger charge is -2.24. The SMILES string of the molecule is CC(O)CC1CCCN1C(=O)c1cc2cc(F)ccc2o1. The third-order valence-corrected chi connectivity index (χ3v) is 3.94. The molecule has 1 fully saturated rings. The van der Waals surface area contributed by atoms with Crippen molar-refractivity contribution in [2.24, 2.45) is 0 Å². The predicted octanol–water partition coefficient (Wildman–Crippen LogP) is 2.95. The predicted molar refractivity (Wildman–Crippen MR) is 76.5 cm³/mol. The Kier molecular flexibility index (Phi) is 3.68. The molecule has 5 heteroatoms. The van der Waals surface area contributed by atoms with Crippen molar-refractivity contribution >= 4 is 16.9 Å². The van der Waals surface area contributed by atoms with E-state index in [0.717, 1.165) is 12.8 Å². The molecular weight excluding hydrogens is 273 g/mol. The Morgan fingerprint density at radius 1 is 1.52 bits per heavy atom. The van der Waals surface area contributed by atoms with Crippen molar-refractivity contribution in [3.8, 4) is 0 Å². The van der Waals surface area contributed by atoms with Gasteiger partial charge in [-0.25, -0.2) is 4.39 Å². The fourth-order valence-electron chi connectivity index (χ4n) is 3.00. The topological polar surface area (TPSA) is 53.7 Å². The molecule has 0 saturated carbocycles. The number of likely N-dealkylation sites (tertiary alicyclic amines) is 1. The van der Waals surface area contributed by atoms with Gasteiger partial charge in [0, 0.05) is 18.0 Å². The summed E-state index contributed by atoms with van der Waals surface area (Å²) in [6.45, 7) is 2.40. The second-order valence-corrected chi connectivity index (χ2v) is 5.67. The van der Waals surface area contributed by atoms with E-state index in [-0.39, 0.29) is 23.5 Å². The summed E-state index contributed by atoms with van der Waals surface area (Å²) in [5.74, 6) is -0.307. The maximum atomic E-state index is 13.2. The number of amides is 1. The Hall–Kier alpha value is -1.88. The van der Waals surface area contributed by atoms with Crippen LogP contribution in [0.2, 0.25) is 0 Å². The molecule has 1 aromatic heterocycles. The van der Waals surface area contributed by atoms with E-state index >= 15 is 0 Å². The number of aliphatic hydroxyl groups excluding tert-OH is 1. The molecule has 1 aliphatic rings. The molecule has 3 rings (SSSR count). The molecule has 1 N–H and O–H groups in total. The third kappa shape index (κ3) is 2.78. The van der Waals surface area contributed by atoms with E-state index in [9.17, 15) is 14.3 Å². The molecular formula is C16H18FNO3. The number of halogens is 1. The summed E-state index contributed by atoms with van der Waals surface area (Å²) in [4.78, 5) is 14.3. The normalized spacial score (nSPS) is 20.1. The highest BCUT2D eigenvalue weighted by Gasteiger charge is 2.31. The molecule has 2 aromatic rings. The summed E-state index contributed by atoms with van der Waals surface area (Å²) in [5.41, 5.74) is 0.506. The van der Waals surface area contributed by atoms with E-state index in [4.69, 9.17) is 4.42 Å². The van der Waals surface area contributed by atoms with Gasteiger partial charge in [-0.3, -0.25) is 4.79 Å². The van der Waals surface area contributed by atoms with Crippen molar-refractivity contribution in [3.05, 3.63) is 35.8 Å². The van der Waals surface area contributed by atoms with Gasteiger partial charge in [0.1, 0.15) is 11.4 Å². The van der Waals surface area contributed by atoms with Gasteiger partial charge in [0.05, 0.1) is 6.10 Å². The van der Waals surface area contributed by atoms with E-state index in [1.54, 1.807) is 17.9 Å². The molecule has 2 atom stereocenters. The van der Waals surface area contributed by atoms with Crippen LogP contribution in [0.5, 0.6) is 0 Å². The first-order valence-electron chi connectivity index (χ1n) is 7.23. The van der Waals surface area contributed by atoms with E-state index in [0.29, 0.717) is 23.9 Å². The van der Waals surface area contributed by atoms with E-state index in [2.05, 4.69) is 0 Å². The smallest absolute Gasteiger partial charge is 0.289 e. The van der Waals surface area contributed by atoms with Crippen LogP contribution in [-0.4, -0.2) is 34.6 Å².